The molecule has 9 nitrogen and oxygen atoms in total. The number of anilines is 2. The van der Waals surface area contributed by atoms with Crippen LogP contribution < -0.4 is 16.6 Å². The molecule has 0 amide bonds. The van der Waals surface area contributed by atoms with Crippen LogP contribution in [0.1, 0.15) is 18.8 Å². The normalized spacial score (nSPS) is 12.4. The first-order valence-corrected chi connectivity index (χ1v) is 5.92. The lowest BCUT2D eigenvalue weighted by Crippen LogP contribution is -2.12. The Morgan fingerprint density at radius 1 is 1.40 bits per heavy atom. The maximum absolute atomic E-state index is 11.6. The van der Waals surface area contributed by atoms with Crippen molar-refractivity contribution in [1.82, 2.24) is 30.6 Å². The van der Waals surface area contributed by atoms with Gasteiger partial charge in [-0.05, 0) is 19.1 Å². The third kappa shape index (κ3) is 2.05. The average molecular weight is 272 g/mol. The lowest BCUT2D eigenvalue weighted by atomic mass is 10.1. The summed E-state index contributed by atoms with van der Waals surface area (Å²) < 4.78 is 0. The predicted octanol–water partition coefficient (Wildman–Crippen LogP) is 0.191. The van der Waals surface area contributed by atoms with Crippen LogP contribution in [0.3, 0.4) is 0 Å². The molecule has 1 unspecified atom stereocenters. The summed E-state index contributed by atoms with van der Waals surface area (Å²) in [6.07, 6.45) is 1.35. The van der Waals surface area contributed by atoms with Gasteiger partial charge in [0.15, 0.2) is 5.82 Å². The van der Waals surface area contributed by atoms with Crippen LogP contribution in [0.5, 0.6) is 0 Å². The lowest BCUT2D eigenvalue weighted by molar-refractivity contribution is 0.794. The van der Waals surface area contributed by atoms with E-state index in [-0.39, 0.29) is 11.6 Å². The van der Waals surface area contributed by atoms with Gasteiger partial charge in [0.1, 0.15) is 0 Å². The molecule has 20 heavy (non-hydrogen) atoms. The highest BCUT2D eigenvalue weighted by Gasteiger charge is 2.13. The molecular formula is C11H12N8O. The molecule has 102 valence electrons. The van der Waals surface area contributed by atoms with E-state index in [0.29, 0.717) is 28.1 Å². The zero-order chi connectivity index (χ0) is 14.1. The van der Waals surface area contributed by atoms with E-state index in [2.05, 4.69) is 35.9 Å². The molecule has 0 saturated carbocycles. The first kappa shape index (κ1) is 12.1. The van der Waals surface area contributed by atoms with Gasteiger partial charge in [-0.15, -0.1) is 10.2 Å². The Balaban J connectivity index is 2.00. The van der Waals surface area contributed by atoms with Crippen molar-refractivity contribution in [2.24, 2.45) is 0 Å². The van der Waals surface area contributed by atoms with Gasteiger partial charge in [-0.1, -0.05) is 5.21 Å². The monoisotopic (exact) mass is 272 g/mol. The van der Waals surface area contributed by atoms with Crippen LogP contribution in [0.25, 0.3) is 10.9 Å². The van der Waals surface area contributed by atoms with Crippen LogP contribution in [-0.2, 0) is 0 Å². The van der Waals surface area contributed by atoms with Gasteiger partial charge in [0, 0.05) is 0 Å². The number of aromatic nitrogens is 6. The minimum atomic E-state index is -0.223. The molecule has 3 aromatic rings. The molecule has 0 spiro atoms. The fourth-order valence-electron chi connectivity index (χ4n) is 1.91. The molecule has 2 heterocycles. The van der Waals surface area contributed by atoms with Crippen molar-refractivity contribution in [2.45, 2.75) is 13.0 Å². The molecule has 5 N–H and O–H groups in total. The largest absolute Gasteiger partial charge is 0.397 e. The number of nitrogens with zero attached hydrogens (tertiary/aromatic N) is 4. The van der Waals surface area contributed by atoms with Crippen molar-refractivity contribution < 1.29 is 0 Å². The average Bonchev–Trinajstić information content (AvgIpc) is 2.95. The van der Waals surface area contributed by atoms with Crippen LogP contribution in [-0.4, -0.2) is 30.6 Å². The molecule has 9 heteroatoms. The van der Waals surface area contributed by atoms with Gasteiger partial charge in [-0.3, -0.25) is 4.79 Å². The van der Waals surface area contributed by atoms with E-state index >= 15 is 0 Å². The van der Waals surface area contributed by atoms with Crippen molar-refractivity contribution in [3.05, 3.63) is 34.6 Å². The third-order valence-electron chi connectivity index (χ3n) is 2.93. The van der Waals surface area contributed by atoms with Gasteiger partial charge in [0.05, 0.1) is 34.6 Å². The van der Waals surface area contributed by atoms with Crippen molar-refractivity contribution in [2.75, 3.05) is 11.1 Å². The fraction of sp³-hybridized carbons (Fsp3) is 0.182. The molecule has 2 aromatic heterocycles. The van der Waals surface area contributed by atoms with E-state index in [1.807, 2.05) is 6.92 Å². The lowest BCUT2D eigenvalue weighted by Gasteiger charge is -2.14. The molecule has 0 aliphatic carbocycles. The molecule has 3 rings (SSSR count). The fourth-order valence-corrected chi connectivity index (χ4v) is 1.91. The zero-order valence-electron chi connectivity index (χ0n) is 10.6. The second kappa shape index (κ2) is 4.61. The molecule has 1 aromatic carbocycles. The number of tetrazole rings is 1. The molecule has 0 aliphatic heterocycles. The Kier molecular flexibility index (Phi) is 2.78. The van der Waals surface area contributed by atoms with E-state index in [1.54, 1.807) is 12.1 Å². The first-order chi connectivity index (χ1) is 9.65. The minimum Gasteiger partial charge on any atom is -0.397 e. The number of hydrogen-bond acceptors (Lipinski definition) is 7. The Labute approximate surface area is 112 Å². The summed E-state index contributed by atoms with van der Waals surface area (Å²) >= 11 is 0. The van der Waals surface area contributed by atoms with Crippen molar-refractivity contribution >= 4 is 22.3 Å². The number of H-pyrrole nitrogens is 2. The van der Waals surface area contributed by atoms with Crippen LogP contribution in [0.2, 0.25) is 0 Å². The van der Waals surface area contributed by atoms with E-state index in [1.165, 1.54) is 6.33 Å². The molecule has 1 atom stereocenters. The van der Waals surface area contributed by atoms with Crippen LogP contribution in [0.4, 0.5) is 11.4 Å². The maximum Gasteiger partial charge on any atom is 0.258 e. The molecular weight excluding hydrogens is 260 g/mol. The van der Waals surface area contributed by atoms with Crippen LogP contribution >= 0.6 is 0 Å². The molecule has 0 fully saturated rings. The van der Waals surface area contributed by atoms with Gasteiger partial charge in [0.25, 0.3) is 5.56 Å². The Bertz CT molecular complexity index is 794. The zero-order valence-corrected chi connectivity index (χ0v) is 10.6. The van der Waals surface area contributed by atoms with Gasteiger partial charge < -0.3 is 16.0 Å². The first-order valence-electron chi connectivity index (χ1n) is 5.92. The van der Waals surface area contributed by atoms with Gasteiger partial charge in [0.2, 0.25) is 0 Å². The van der Waals surface area contributed by atoms with Gasteiger partial charge >= 0.3 is 0 Å². The van der Waals surface area contributed by atoms with Gasteiger partial charge in [-0.2, -0.15) is 5.21 Å². The summed E-state index contributed by atoms with van der Waals surface area (Å²) in [6.45, 7) is 1.87. The van der Waals surface area contributed by atoms with E-state index in [0.717, 1.165) is 0 Å². The van der Waals surface area contributed by atoms with Crippen LogP contribution in [0, 0.1) is 0 Å². The number of rotatable bonds is 3. The predicted molar refractivity (Wildman–Crippen MR) is 73.0 cm³/mol. The second-order valence-corrected chi connectivity index (χ2v) is 4.32. The molecule has 0 aliphatic rings. The van der Waals surface area contributed by atoms with Crippen molar-refractivity contribution in [3.63, 3.8) is 0 Å². The van der Waals surface area contributed by atoms with E-state index in [4.69, 9.17) is 5.73 Å². The SMILES string of the molecule is CC(Nc1cc2nc[nH]c(=O)c2cc1N)c1nn[nH]n1. The standard InChI is InChI=1S/C11H12N8O/c1-5(10-16-18-19-17-10)15-9-3-8-6(2-7(9)12)11(20)14-4-13-8/h2-5,15H,12H2,1H3,(H,13,14,20)(H,16,17,18,19). The quantitative estimate of drug-likeness (QED) is 0.499. The van der Waals surface area contributed by atoms with E-state index in [9.17, 15) is 4.79 Å². The van der Waals surface area contributed by atoms with Crippen LogP contribution in [0.15, 0.2) is 23.3 Å². The third-order valence-corrected chi connectivity index (χ3v) is 2.93. The number of nitrogens with two attached hydrogens (primary N) is 1. The number of hydrogen-bond donors (Lipinski definition) is 4. The highest BCUT2D eigenvalue weighted by atomic mass is 16.1. The summed E-state index contributed by atoms with van der Waals surface area (Å²) in [7, 11) is 0. The smallest absolute Gasteiger partial charge is 0.258 e. The van der Waals surface area contributed by atoms with E-state index < -0.39 is 0 Å². The molecule has 0 bridgehead atoms. The summed E-state index contributed by atoms with van der Waals surface area (Å²) in [5.41, 5.74) is 7.40. The van der Waals surface area contributed by atoms with Gasteiger partial charge in [-0.25, -0.2) is 4.98 Å². The van der Waals surface area contributed by atoms with Crippen molar-refractivity contribution in [3.8, 4) is 0 Å². The number of fused-ring (bicyclic) bond motifs is 1. The summed E-state index contributed by atoms with van der Waals surface area (Å²) in [5, 5.41) is 17.3. The second-order valence-electron chi connectivity index (χ2n) is 4.32. The minimum absolute atomic E-state index is 0.185. The number of aromatic amines is 2. The highest BCUT2D eigenvalue weighted by molar-refractivity contribution is 5.88. The topological polar surface area (TPSA) is 138 Å². The number of nitrogen functional groups attached to an aromatic ring is 1. The summed E-state index contributed by atoms with van der Waals surface area (Å²) in [6, 6.07) is 3.12. The Morgan fingerprint density at radius 2 is 2.25 bits per heavy atom. The number of nitrogens with one attached hydrogen (secondary N) is 3. The molecule has 0 saturated heterocycles. The summed E-state index contributed by atoms with van der Waals surface area (Å²) in [5.74, 6) is 0.517. The Morgan fingerprint density at radius 3 is 3.00 bits per heavy atom. The summed E-state index contributed by atoms with van der Waals surface area (Å²) in [4.78, 5) is 18.3. The Hall–Kier alpha value is -2.97. The molecule has 0 radical (unpaired) electrons. The number of benzene rings is 1. The highest BCUT2D eigenvalue weighted by Crippen LogP contribution is 2.25. The maximum atomic E-state index is 11.6. The van der Waals surface area contributed by atoms with Crippen molar-refractivity contribution in [1.29, 1.82) is 0 Å².